The summed E-state index contributed by atoms with van der Waals surface area (Å²) in [7, 11) is 0. The van der Waals surface area contributed by atoms with Crippen molar-refractivity contribution in [2.24, 2.45) is 10.7 Å². The van der Waals surface area contributed by atoms with Crippen LogP contribution in [0.4, 0.5) is 0 Å². The maximum absolute atomic E-state index is 13.2. The number of nitriles is 1. The molecule has 0 radical (unpaired) electrons. The Hall–Kier alpha value is -3.21. The second-order valence-electron chi connectivity index (χ2n) is 6.47. The van der Waals surface area contributed by atoms with Crippen LogP contribution in [0.2, 0.25) is 5.02 Å². The van der Waals surface area contributed by atoms with Crippen LogP contribution in [0.3, 0.4) is 0 Å². The van der Waals surface area contributed by atoms with Crippen LogP contribution in [-0.4, -0.2) is 22.6 Å². The molecule has 2 N–H and O–H groups in total. The molecule has 0 fully saturated rings. The van der Waals surface area contributed by atoms with E-state index in [9.17, 15) is 10.1 Å². The predicted molar refractivity (Wildman–Crippen MR) is 118 cm³/mol. The van der Waals surface area contributed by atoms with Crippen molar-refractivity contribution in [2.45, 2.75) is 13.0 Å². The molecule has 30 heavy (non-hydrogen) atoms. The molecule has 0 saturated carbocycles. The first kappa shape index (κ1) is 20.1. The lowest BCUT2D eigenvalue weighted by atomic mass is 9.92. The van der Waals surface area contributed by atoms with E-state index in [0.29, 0.717) is 31.9 Å². The average molecular weight is 437 g/mol. The van der Waals surface area contributed by atoms with Crippen molar-refractivity contribution in [1.82, 2.24) is 4.90 Å². The third-order valence-electron chi connectivity index (χ3n) is 4.73. The van der Waals surface area contributed by atoms with E-state index < -0.39 is 12.0 Å². The number of hydrogen-bond acceptors (Lipinski definition) is 7. The fourth-order valence-electron chi connectivity index (χ4n) is 3.45. The van der Waals surface area contributed by atoms with Gasteiger partial charge in [-0.1, -0.05) is 60.1 Å². The van der Waals surface area contributed by atoms with Crippen molar-refractivity contribution < 1.29 is 9.53 Å². The van der Waals surface area contributed by atoms with Crippen LogP contribution in [0.1, 0.15) is 24.1 Å². The maximum Gasteiger partial charge on any atom is 0.338 e. The van der Waals surface area contributed by atoms with Gasteiger partial charge in [-0.05, 0) is 30.3 Å². The zero-order chi connectivity index (χ0) is 21.3. The van der Waals surface area contributed by atoms with E-state index in [2.05, 4.69) is 6.07 Å². The summed E-state index contributed by atoms with van der Waals surface area (Å²) in [5, 5.41) is 10.5. The standard InChI is InChI=1S/C22H17ClN4O2S/c1-2-29-21(28)17-18(13-8-4-3-5-9-13)26-22-27(20(25)16(12-24)30-22)19(17)14-10-6-7-11-15(14)23/h3-11,19H,2,25H2,1H3/t19-/m1/s1. The summed E-state index contributed by atoms with van der Waals surface area (Å²) in [5.41, 5.74) is 8.54. The molecule has 8 heteroatoms. The highest BCUT2D eigenvalue weighted by atomic mass is 35.5. The minimum absolute atomic E-state index is 0.208. The summed E-state index contributed by atoms with van der Waals surface area (Å²) >= 11 is 7.71. The largest absolute Gasteiger partial charge is 0.463 e. The Morgan fingerprint density at radius 3 is 2.63 bits per heavy atom. The number of benzene rings is 2. The van der Waals surface area contributed by atoms with Crippen molar-refractivity contribution in [3.05, 3.63) is 87.0 Å². The van der Waals surface area contributed by atoms with Gasteiger partial charge in [-0.15, -0.1) is 0 Å². The predicted octanol–water partition coefficient (Wildman–Crippen LogP) is 4.43. The lowest BCUT2D eigenvalue weighted by Crippen LogP contribution is -2.39. The Kier molecular flexibility index (Phi) is 5.53. The molecule has 2 aliphatic rings. The molecule has 150 valence electrons. The Morgan fingerprint density at radius 2 is 1.97 bits per heavy atom. The van der Waals surface area contributed by atoms with Gasteiger partial charge >= 0.3 is 5.97 Å². The fraction of sp³-hybridized carbons (Fsp3) is 0.136. The molecule has 0 aromatic heterocycles. The van der Waals surface area contributed by atoms with Gasteiger partial charge in [-0.3, -0.25) is 4.90 Å². The van der Waals surface area contributed by atoms with Crippen molar-refractivity contribution in [3.8, 4) is 6.07 Å². The molecule has 2 aliphatic heterocycles. The molecule has 2 aromatic rings. The molecule has 0 saturated heterocycles. The number of fused-ring (bicyclic) bond motifs is 1. The average Bonchev–Trinajstić information content (AvgIpc) is 3.09. The van der Waals surface area contributed by atoms with Gasteiger partial charge in [0, 0.05) is 10.6 Å². The number of nitrogens with two attached hydrogens (primary N) is 1. The summed E-state index contributed by atoms with van der Waals surface area (Å²) in [6, 6.07) is 18.0. The minimum Gasteiger partial charge on any atom is -0.463 e. The van der Waals surface area contributed by atoms with E-state index in [1.165, 1.54) is 11.8 Å². The van der Waals surface area contributed by atoms with Gasteiger partial charge in [0.2, 0.25) is 0 Å². The molecule has 6 nitrogen and oxygen atoms in total. The second kappa shape index (κ2) is 8.27. The number of hydrogen-bond donors (Lipinski definition) is 1. The van der Waals surface area contributed by atoms with Gasteiger partial charge in [0.15, 0.2) is 5.17 Å². The molecule has 2 heterocycles. The minimum atomic E-state index is -0.682. The topological polar surface area (TPSA) is 91.7 Å². The molecule has 0 bridgehead atoms. The molecule has 0 aliphatic carbocycles. The zero-order valence-corrected chi connectivity index (χ0v) is 17.6. The Labute approximate surface area is 183 Å². The van der Waals surface area contributed by atoms with Gasteiger partial charge in [0.05, 0.1) is 23.9 Å². The van der Waals surface area contributed by atoms with E-state index in [-0.39, 0.29) is 12.4 Å². The molecule has 0 unspecified atom stereocenters. The number of halogens is 1. The van der Waals surface area contributed by atoms with Crippen LogP contribution >= 0.6 is 23.4 Å². The van der Waals surface area contributed by atoms with Gasteiger partial charge in [-0.2, -0.15) is 5.26 Å². The van der Waals surface area contributed by atoms with E-state index in [1.54, 1.807) is 17.9 Å². The SMILES string of the molecule is CCOC(=O)C1=C(c2ccccc2)N=C2SC(C#N)=C(N)N2[C@@H]1c1ccccc1Cl. The smallest absolute Gasteiger partial charge is 0.338 e. The van der Waals surface area contributed by atoms with Gasteiger partial charge < -0.3 is 10.5 Å². The van der Waals surface area contributed by atoms with E-state index in [4.69, 9.17) is 27.1 Å². The third-order valence-corrected chi connectivity index (χ3v) is 6.05. The van der Waals surface area contributed by atoms with Crippen molar-refractivity contribution >= 4 is 40.2 Å². The molecule has 0 spiro atoms. The van der Waals surface area contributed by atoms with Crippen LogP contribution in [0.15, 0.2) is 75.9 Å². The Bertz CT molecular complexity index is 1150. The number of amidine groups is 1. The first-order valence-corrected chi connectivity index (χ1v) is 10.4. The molecular formula is C22H17ClN4O2S. The van der Waals surface area contributed by atoms with Crippen LogP contribution in [0.5, 0.6) is 0 Å². The maximum atomic E-state index is 13.2. The summed E-state index contributed by atoms with van der Waals surface area (Å²) in [6.07, 6.45) is 0. The highest BCUT2D eigenvalue weighted by Gasteiger charge is 2.44. The number of rotatable bonds is 4. The monoisotopic (exact) mass is 436 g/mol. The van der Waals surface area contributed by atoms with Crippen LogP contribution in [0.25, 0.3) is 5.70 Å². The summed E-state index contributed by atoms with van der Waals surface area (Å²) in [5.74, 6) is -0.271. The van der Waals surface area contributed by atoms with E-state index in [0.717, 1.165) is 5.56 Å². The number of nitrogens with zero attached hydrogens (tertiary/aromatic N) is 3. The van der Waals surface area contributed by atoms with Crippen molar-refractivity contribution in [1.29, 1.82) is 5.26 Å². The number of allylic oxidation sites excluding steroid dienone is 1. The number of carbonyl (C=O) groups is 1. The quantitative estimate of drug-likeness (QED) is 0.713. The fourth-order valence-corrected chi connectivity index (χ4v) is 4.56. The lowest BCUT2D eigenvalue weighted by molar-refractivity contribution is -0.139. The Morgan fingerprint density at radius 1 is 1.27 bits per heavy atom. The number of aliphatic imine (C=N–C) groups is 1. The number of ether oxygens (including phenoxy) is 1. The first-order valence-electron chi connectivity index (χ1n) is 9.23. The molecule has 1 atom stereocenters. The first-order chi connectivity index (χ1) is 14.6. The zero-order valence-electron chi connectivity index (χ0n) is 16.0. The lowest BCUT2D eigenvalue weighted by Gasteiger charge is -2.35. The number of carbonyl (C=O) groups excluding carboxylic acids is 1. The molecule has 2 aromatic carbocycles. The van der Waals surface area contributed by atoms with Crippen molar-refractivity contribution in [3.63, 3.8) is 0 Å². The molecule has 4 rings (SSSR count). The van der Waals surface area contributed by atoms with Crippen LogP contribution in [-0.2, 0) is 9.53 Å². The van der Waals surface area contributed by atoms with Crippen LogP contribution in [0, 0.1) is 11.3 Å². The van der Waals surface area contributed by atoms with E-state index in [1.807, 2.05) is 48.5 Å². The Balaban J connectivity index is 2.03. The van der Waals surface area contributed by atoms with Gasteiger partial charge in [0.1, 0.15) is 16.8 Å². The van der Waals surface area contributed by atoms with E-state index >= 15 is 0 Å². The normalized spacial score (nSPS) is 18.1. The summed E-state index contributed by atoms with van der Waals surface area (Å²) < 4.78 is 5.40. The van der Waals surface area contributed by atoms with Gasteiger partial charge in [0.25, 0.3) is 0 Å². The summed E-state index contributed by atoms with van der Waals surface area (Å²) in [4.78, 5) is 19.9. The highest BCUT2D eigenvalue weighted by molar-refractivity contribution is 8.17. The number of thioether (sulfide) groups is 1. The highest BCUT2D eigenvalue weighted by Crippen LogP contribution is 2.48. The van der Waals surface area contributed by atoms with Gasteiger partial charge in [-0.25, -0.2) is 9.79 Å². The molecule has 0 amide bonds. The second-order valence-corrected chi connectivity index (χ2v) is 7.85. The molecular weight excluding hydrogens is 420 g/mol. The van der Waals surface area contributed by atoms with Crippen LogP contribution < -0.4 is 5.73 Å². The number of esters is 1. The van der Waals surface area contributed by atoms with Crippen molar-refractivity contribution in [2.75, 3.05) is 6.61 Å². The summed E-state index contributed by atoms with van der Waals surface area (Å²) in [6.45, 7) is 1.95. The third kappa shape index (κ3) is 3.34.